The lowest BCUT2D eigenvalue weighted by atomic mass is 9.64. The summed E-state index contributed by atoms with van der Waals surface area (Å²) < 4.78 is 8.31. The highest BCUT2D eigenvalue weighted by Crippen LogP contribution is 2.51. The number of fused-ring (bicyclic) bond motifs is 2. The number of allylic oxidation sites excluding steroid dienone is 5. The molecular weight excluding hydrogens is 430 g/mol. The average Bonchev–Trinajstić information content (AvgIpc) is 3.18. The van der Waals surface area contributed by atoms with Crippen molar-refractivity contribution in [2.24, 2.45) is 4.99 Å². The second kappa shape index (κ2) is 8.08. The third kappa shape index (κ3) is 3.85. The van der Waals surface area contributed by atoms with Crippen LogP contribution in [0.5, 0.6) is 0 Å². The lowest BCUT2D eigenvalue weighted by Crippen LogP contribution is -2.31. The molecule has 0 fully saturated rings. The van der Waals surface area contributed by atoms with Crippen molar-refractivity contribution < 1.29 is 9.31 Å². The number of hydrogen-bond acceptors (Lipinski definition) is 3. The maximum absolute atomic E-state index is 6.13. The Morgan fingerprint density at radius 2 is 1.63 bits per heavy atom. The van der Waals surface area contributed by atoms with Gasteiger partial charge in [-0.15, -0.1) is 0 Å². The van der Waals surface area contributed by atoms with E-state index >= 15 is 0 Å². The highest BCUT2D eigenvalue weighted by Gasteiger charge is 2.40. The summed E-state index contributed by atoms with van der Waals surface area (Å²) in [7, 11) is 8.42. The minimum absolute atomic E-state index is 0.148. The molecule has 180 valence electrons. The standard InChI is InChI=1S/C31H36N3O/c1-30(2)19-35-29(32-30)23-12-10-9-11-22(23)28-24-15-13-20(33(5)6)17-26(24)31(3,4)27-18-21(34(7)8)14-16-25(27)28/h9-18H,19H2,1-8H3/q+1. The van der Waals surface area contributed by atoms with Crippen LogP contribution in [0, 0.1) is 0 Å². The van der Waals surface area contributed by atoms with Crippen molar-refractivity contribution in [3.05, 3.63) is 94.1 Å². The molecule has 3 aliphatic rings. The number of aliphatic imine (C=N–C) groups is 1. The normalized spacial score (nSPS) is 19.5. The second-order valence-corrected chi connectivity index (χ2v) is 11.3. The van der Waals surface area contributed by atoms with Crippen molar-refractivity contribution in [3.63, 3.8) is 0 Å². The smallest absolute Gasteiger partial charge is 0.217 e. The summed E-state index contributed by atoms with van der Waals surface area (Å²) in [4.78, 5) is 7.11. The monoisotopic (exact) mass is 466 g/mol. The van der Waals surface area contributed by atoms with Gasteiger partial charge in [-0.25, -0.2) is 9.57 Å². The van der Waals surface area contributed by atoms with E-state index in [1.165, 1.54) is 39.2 Å². The molecule has 0 saturated carbocycles. The topological polar surface area (TPSA) is 27.8 Å². The number of nitrogens with zero attached hydrogens (tertiary/aromatic N) is 3. The van der Waals surface area contributed by atoms with Gasteiger partial charge >= 0.3 is 0 Å². The van der Waals surface area contributed by atoms with E-state index < -0.39 is 0 Å². The first kappa shape index (κ1) is 23.3. The Labute approximate surface area is 209 Å². The molecule has 2 aromatic rings. The van der Waals surface area contributed by atoms with E-state index in [0.29, 0.717) is 6.61 Å². The van der Waals surface area contributed by atoms with E-state index in [-0.39, 0.29) is 11.0 Å². The molecular formula is C31H36N3O+. The predicted octanol–water partition coefficient (Wildman–Crippen LogP) is 5.61. The van der Waals surface area contributed by atoms with Crippen LogP contribution in [0.2, 0.25) is 0 Å². The van der Waals surface area contributed by atoms with Crippen LogP contribution in [-0.2, 0) is 10.2 Å². The zero-order valence-corrected chi connectivity index (χ0v) is 22.2. The van der Waals surface area contributed by atoms with E-state index in [9.17, 15) is 0 Å². The predicted molar refractivity (Wildman–Crippen MR) is 147 cm³/mol. The summed E-state index contributed by atoms with van der Waals surface area (Å²) in [6.45, 7) is 9.53. The van der Waals surface area contributed by atoms with Crippen LogP contribution in [0.1, 0.15) is 49.9 Å². The van der Waals surface area contributed by atoms with Crippen molar-refractivity contribution in [1.82, 2.24) is 0 Å². The fourth-order valence-corrected chi connectivity index (χ4v) is 5.28. The fourth-order valence-electron chi connectivity index (χ4n) is 5.28. The van der Waals surface area contributed by atoms with E-state index in [1.54, 1.807) is 0 Å². The maximum atomic E-state index is 6.13. The van der Waals surface area contributed by atoms with E-state index in [0.717, 1.165) is 17.0 Å². The molecule has 35 heavy (non-hydrogen) atoms. The van der Waals surface area contributed by atoms with Gasteiger partial charge in [-0.1, -0.05) is 38.1 Å². The molecule has 4 heteroatoms. The average molecular weight is 467 g/mol. The minimum Gasteiger partial charge on any atom is -0.475 e. The van der Waals surface area contributed by atoms with Gasteiger partial charge in [0.15, 0.2) is 5.71 Å². The molecule has 0 atom stereocenters. The first-order valence-electron chi connectivity index (χ1n) is 12.3. The molecule has 2 aliphatic carbocycles. The van der Waals surface area contributed by atoms with Gasteiger partial charge in [-0.2, -0.15) is 0 Å². The summed E-state index contributed by atoms with van der Waals surface area (Å²) in [5, 5.41) is 0. The Morgan fingerprint density at radius 1 is 0.914 bits per heavy atom. The van der Waals surface area contributed by atoms with E-state index in [2.05, 4.69) is 126 Å². The van der Waals surface area contributed by atoms with Gasteiger partial charge in [0.05, 0.1) is 5.54 Å². The van der Waals surface area contributed by atoms with Crippen molar-refractivity contribution >= 4 is 22.9 Å². The molecule has 0 aromatic heterocycles. The number of rotatable bonds is 3. The highest BCUT2D eigenvalue weighted by molar-refractivity contribution is 6.09. The van der Waals surface area contributed by atoms with Crippen LogP contribution < -0.4 is 4.90 Å². The van der Waals surface area contributed by atoms with Crippen molar-refractivity contribution in [2.75, 3.05) is 39.7 Å². The summed E-state index contributed by atoms with van der Waals surface area (Å²) in [5.41, 5.74) is 10.8. The number of benzene rings is 2. The molecule has 0 saturated heterocycles. The Kier molecular flexibility index (Phi) is 5.39. The van der Waals surface area contributed by atoms with Gasteiger partial charge in [0.1, 0.15) is 20.7 Å². The maximum Gasteiger partial charge on any atom is 0.217 e. The summed E-state index contributed by atoms with van der Waals surface area (Å²) in [6.07, 6.45) is 6.88. The molecule has 1 heterocycles. The van der Waals surface area contributed by atoms with Gasteiger partial charge in [-0.3, -0.25) is 0 Å². The van der Waals surface area contributed by atoms with Crippen LogP contribution in [0.4, 0.5) is 5.69 Å². The lowest BCUT2D eigenvalue weighted by molar-refractivity contribution is -0.462. The van der Waals surface area contributed by atoms with Crippen LogP contribution in [0.15, 0.2) is 76.8 Å². The van der Waals surface area contributed by atoms with Gasteiger partial charge in [0.2, 0.25) is 5.90 Å². The first-order chi connectivity index (χ1) is 16.5. The quantitative estimate of drug-likeness (QED) is 0.550. The molecule has 0 bridgehead atoms. The van der Waals surface area contributed by atoms with Gasteiger partial charge in [0.25, 0.3) is 0 Å². The molecule has 4 nitrogen and oxygen atoms in total. The molecule has 0 N–H and O–H groups in total. The van der Waals surface area contributed by atoms with Crippen molar-refractivity contribution in [2.45, 2.75) is 38.6 Å². The second-order valence-electron chi connectivity index (χ2n) is 11.3. The van der Waals surface area contributed by atoms with Crippen LogP contribution >= 0.6 is 0 Å². The zero-order valence-electron chi connectivity index (χ0n) is 22.2. The third-order valence-electron chi connectivity index (χ3n) is 7.32. The van der Waals surface area contributed by atoms with Gasteiger partial charge in [0, 0.05) is 42.9 Å². The highest BCUT2D eigenvalue weighted by atomic mass is 16.5. The number of hydrogen-bond donors (Lipinski definition) is 0. The molecule has 0 radical (unpaired) electrons. The minimum atomic E-state index is -0.210. The first-order valence-corrected chi connectivity index (χ1v) is 12.3. The molecule has 1 aliphatic heterocycles. The number of ether oxygens (including phenoxy) is 1. The van der Waals surface area contributed by atoms with E-state index in [4.69, 9.17) is 9.73 Å². The van der Waals surface area contributed by atoms with Crippen LogP contribution in [0.25, 0.3) is 5.57 Å². The van der Waals surface area contributed by atoms with Crippen LogP contribution in [-0.4, -0.2) is 56.5 Å². The third-order valence-corrected chi connectivity index (χ3v) is 7.32. The van der Waals surface area contributed by atoms with Crippen molar-refractivity contribution in [1.29, 1.82) is 0 Å². The fraction of sp³-hybridized carbons (Fsp3) is 0.355. The Bertz CT molecular complexity index is 1380. The lowest BCUT2D eigenvalue weighted by Gasteiger charge is -2.39. The largest absolute Gasteiger partial charge is 0.475 e. The van der Waals surface area contributed by atoms with Gasteiger partial charge in [-0.05, 0) is 71.5 Å². The molecule has 5 rings (SSSR count). The molecule has 0 spiro atoms. The summed E-state index contributed by atoms with van der Waals surface area (Å²) >= 11 is 0. The van der Waals surface area contributed by atoms with Gasteiger partial charge < -0.3 is 9.64 Å². The Balaban J connectivity index is 1.84. The Morgan fingerprint density at radius 3 is 2.26 bits per heavy atom. The zero-order chi connectivity index (χ0) is 25.1. The molecule has 0 unspecified atom stereocenters. The Hall–Kier alpha value is -3.40. The summed E-state index contributed by atoms with van der Waals surface area (Å²) in [6, 6.07) is 15.4. The van der Waals surface area contributed by atoms with Crippen molar-refractivity contribution in [3.8, 4) is 0 Å². The SMILES string of the molecule is CN(C)c1ccc2c(c1)C(C)(C)C1=CC(=[N+](C)C)C=CC1=C2c1ccccc1C1=NC(C)(C)CO1. The molecule has 2 aromatic carbocycles. The van der Waals surface area contributed by atoms with E-state index in [1.807, 2.05) is 0 Å². The molecule has 0 amide bonds. The number of anilines is 1. The van der Waals surface area contributed by atoms with Crippen LogP contribution in [0.3, 0.4) is 0 Å². The summed E-state index contributed by atoms with van der Waals surface area (Å²) in [5.74, 6) is 0.737.